The smallest absolute Gasteiger partial charge is 0.312 e. The number of anilines is 2. The number of sulfonamides is 1. The summed E-state index contributed by atoms with van der Waals surface area (Å²) in [4.78, 5) is 41.5. The van der Waals surface area contributed by atoms with E-state index in [1.54, 1.807) is 13.0 Å². The molecule has 4 rings (SSSR count). The number of thioether (sulfide) groups is 1. The van der Waals surface area contributed by atoms with Crippen LogP contribution in [0.1, 0.15) is 83.7 Å². The van der Waals surface area contributed by atoms with Crippen LogP contribution in [0.15, 0.2) is 76.5 Å². The number of ketones is 1. The number of phenols is 1. The quantitative estimate of drug-likeness (QED) is 0.0629. The zero-order chi connectivity index (χ0) is 38.8. The van der Waals surface area contributed by atoms with Gasteiger partial charge in [0.1, 0.15) is 28.4 Å². The number of para-hydroxylation sites is 1. The van der Waals surface area contributed by atoms with Crippen molar-refractivity contribution in [3.05, 3.63) is 72.3 Å². The fraction of sp³-hybridized carbons (Fsp3) is 0.436. The van der Waals surface area contributed by atoms with Gasteiger partial charge in [0.15, 0.2) is 6.61 Å². The normalized spacial score (nSPS) is 15.7. The number of hydrogen-bond acceptors (Lipinski definition) is 10. The van der Waals surface area contributed by atoms with E-state index in [1.807, 2.05) is 41.5 Å². The lowest BCUT2D eigenvalue weighted by Gasteiger charge is -2.37. The van der Waals surface area contributed by atoms with Crippen molar-refractivity contribution in [2.24, 2.45) is 5.92 Å². The Hall–Kier alpha value is -4.40. The largest absolute Gasteiger partial charge is 0.508 e. The first-order valence-corrected chi connectivity index (χ1v) is 20.7. The number of carboxylic acids is 1. The van der Waals surface area contributed by atoms with E-state index in [9.17, 15) is 33.0 Å². The molecule has 1 aliphatic heterocycles. The van der Waals surface area contributed by atoms with Crippen LogP contribution in [0.5, 0.6) is 11.5 Å². The van der Waals surface area contributed by atoms with Gasteiger partial charge in [0.2, 0.25) is 15.8 Å². The molecule has 1 aliphatic rings. The lowest BCUT2D eigenvalue weighted by atomic mass is 9.87. The van der Waals surface area contributed by atoms with Crippen molar-refractivity contribution in [2.75, 3.05) is 24.3 Å². The number of fused-ring (bicyclic) bond motifs is 1. The number of aliphatic carboxylic acids is 1. The van der Waals surface area contributed by atoms with Crippen molar-refractivity contribution in [1.29, 1.82) is 5.41 Å². The minimum Gasteiger partial charge on any atom is -0.508 e. The number of aromatic hydroxyl groups is 1. The van der Waals surface area contributed by atoms with E-state index in [1.165, 1.54) is 42.1 Å². The molecule has 286 valence electrons. The van der Waals surface area contributed by atoms with Crippen molar-refractivity contribution in [1.82, 2.24) is 10.0 Å². The number of nitrogens with zero attached hydrogens (tertiary/aromatic N) is 1. The minimum atomic E-state index is -4.09. The molecule has 1 amide bonds. The third-order valence-corrected chi connectivity index (χ3v) is 11.7. The lowest BCUT2D eigenvalue weighted by molar-refractivity contribution is -0.140. The highest BCUT2D eigenvalue weighted by atomic mass is 32.2. The Kier molecular flexibility index (Phi) is 14.5. The predicted octanol–water partition coefficient (Wildman–Crippen LogP) is 6.99. The number of benzene rings is 3. The molecule has 5 N–H and O–H groups in total. The maximum absolute atomic E-state index is 14.3. The molecule has 1 heterocycles. The van der Waals surface area contributed by atoms with Crippen LogP contribution in [0.25, 0.3) is 0 Å². The Bertz CT molecular complexity index is 1860. The molecule has 0 radical (unpaired) electrons. The Morgan fingerprint density at radius 1 is 1.00 bits per heavy atom. The van der Waals surface area contributed by atoms with Gasteiger partial charge in [-0.2, -0.15) is 0 Å². The number of rotatable bonds is 19. The van der Waals surface area contributed by atoms with E-state index in [2.05, 4.69) is 23.9 Å². The van der Waals surface area contributed by atoms with Gasteiger partial charge in [-0.25, -0.2) is 13.1 Å². The molecule has 0 aromatic heterocycles. The Labute approximate surface area is 316 Å². The van der Waals surface area contributed by atoms with Crippen molar-refractivity contribution >= 4 is 56.5 Å². The molecule has 0 aliphatic carbocycles. The summed E-state index contributed by atoms with van der Waals surface area (Å²) < 4.78 is 37.7. The van der Waals surface area contributed by atoms with E-state index in [4.69, 9.17) is 10.1 Å². The molecule has 3 aromatic rings. The second-order valence-corrected chi connectivity index (χ2v) is 15.8. The summed E-state index contributed by atoms with van der Waals surface area (Å²) in [5.41, 5.74) is 0.152. The van der Waals surface area contributed by atoms with Crippen molar-refractivity contribution in [2.45, 2.75) is 93.5 Å². The molecule has 0 bridgehead atoms. The summed E-state index contributed by atoms with van der Waals surface area (Å²) in [7, 11) is -4.09. The number of amides is 1. The molecule has 12 nitrogen and oxygen atoms in total. The molecular formula is C39H50N4O8S2. The van der Waals surface area contributed by atoms with Crippen LogP contribution < -0.4 is 19.7 Å². The fourth-order valence-corrected chi connectivity index (χ4v) is 8.77. The molecule has 14 heteroatoms. The first kappa shape index (κ1) is 41.4. The van der Waals surface area contributed by atoms with Gasteiger partial charge in [0.25, 0.3) is 5.91 Å². The van der Waals surface area contributed by atoms with Gasteiger partial charge in [0, 0.05) is 18.3 Å². The monoisotopic (exact) mass is 766 g/mol. The number of hydrogen-bond donors (Lipinski definition) is 5. The van der Waals surface area contributed by atoms with Crippen LogP contribution in [0, 0.1) is 11.3 Å². The SMILES string of the molecule is CCCCC1(CCCC)CN(c2ccccc2)c2cc(SC)c(OCC(=O)NC(C(=O)C(=N)C(CCC)C(=O)O)c3ccc(O)cc3)cc2S(=O)(=O)N1. The van der Waals surface area contributed by atoms with E-state index in [-0.39, 0.29) is 28.4 Å². The predicted molar refractivity (Wildman–Crippen MR) is 207 cm³/mol. The summed E-state index contributed by atoms with van der Waals surface area (Å²) in [5.74, 6) is -4.30. The van der Waals surface area contributed by atoms with Gasteiger partial charge in [-0.05, 0) is 61.4 Å². The van der Waals surface area contributed by atoms with E-state index in [0.717, 1.165) is 31.4 Å². The second kappa shape index (κ2) is 18.6. The number of Topliss-reactive ketones (excluding diaryl/α,β-unsaturated/α-hetero) is 1. The molecule has 0 saturated carbocycles. The number of ether oxygens (including phenoxy) is 1. The number of unbranched alkanes of at least 4 members (excludes halogenated alkanes) is 2. The topological polar surface area (TPSA) is 186 Å². The van der Waals surface area contributed by atoms with Gasteiger partial charge in [-0.15, -0.1) is 11.8 Å². The van der Waals surface area contributed by atoms with Crippen LogP contribution in [-0.2, 0) is 24.4 Å². The van der Waals surface area contributed by atoms with Crippen LogP contribution in [0.2, 0.25) is 0 Å². The number of carbonyl (C=O) groups excluding carboxylic acids is 2. The van der Waals surface area contributed by atoms with Crippen LogP contribution in [0.4, 0.5) is 11.4 Å². The lowest BCUT2D eigenvalue weighted by Crippen LogP contribution is -2.53. The zero-order valence-corrected chi connectivity index (χ0v) is 32.3. The molecule has 0 saturated heterocycles. The summed E-state index contributed by atoms with van der Waals surface area (Å²) >= 11 is 1.32. The van der Waals surface area contributed by atoms with Gasteiger partial charge >= 0.3 is 5.97 Å². The molecular weight excluding hydrogens is 717 g/mol. The van der Waals surface area contributed by atoms with E-state index in [0.29, 0.717) is 36.4 Å². The molecule has 2 atom stereocenters. The second-order valence-electron chi connectivity index (χ2n) is 13.3. The molecule has 0 spiro atoms. The number of carbonyl (C=O) groups is 3. The zero-order valence-electron chi connectivity index (χ0n) is 30.7. The van der Waals surface area contributed by atoms with Gasteiger partial charge < -0.3 is 30.6 Å². The number of phenolic OH excluding ortho intramolecular Hbond substituents is 1. The first-order chi connectivity index (χ1) is 25.3. The van der Waals surface area contributed by atoms with E-state index >= 15 is 0 Å². The summed E-state index contributed by atoms with van der Waals surface area (Å²) in [5, 5.41) is 30.5. The highest BCUT2D eigenvalue weighted by Gasteiger charge is 2.42. The highest BCUT2D eigenvalue weighted by molar-refractivity contribution is 7.98. The molecule has 0 fully saturated rings. The number of nitrogens with one attached hydrogen (secondary N) is 3. The van der Waals surface area contributed by atoms with Crippen molar-refractivity contribution < 1.29 is 37.8 Å². The fourth-order valence-electron chi connectivity index (χ4n) is 6.56. The van der Waals surface area contributed by atoms with Crippen LogP contribution >= 0.6 is 11.8 Å². The summed E-state index contributed by atoms with van der Waals surface area (Å²) in [6.45, 7) is 5.71. The Morgan fingerprint density at radius 2 is 1.64 bits per heavy atom. The Balaban J connectivity index is 1.70. The van der Waals surface area contributed by atoms with E-state index < -0.39 is 57.5 Å². The number of carboxylic acid groups (broad SMARTS) is 1. The maximum Gasteiger partial charge on any atom is 0.312 e. The third-order valence-electron chi connectivity index (χ3n) is 9.36. The molecule has 3 aromatic carbocycles. The average molecular weight is 767 g/mol. The van der Waals surface area contributed by atoms with Crippen LogP contribution in [-0.4, -0.2) is 66.9 Å². The molecule has 53 heavy (non-hydrogen) atoms. The minimum absolute atomic E-state index is 0.00525. The first-order valence-electron chi connectivity index (χ1n) is 17.9. The molecule has 2 unspecified atom stereocenters. The maximum atomic E-state index is 14.3. The standard InChI is InChI=1S/C39H50N4O8S2/c1-5-8-20-39(21-9-6-2)25-43(27-14-11-10-12-15-27)30-22-32(52-4)31(23-33(30)53(49,50)42-39)51-24-34(45)41-36(26-16-18-28(44)19-17-26)37(46)35(40)29(13-7-3)38(47)48/h10-12,14-19,22-23,29,36,40,42,44H,5-9,13,20-21,24-25H2,1-4H3,(H,41,45)(H,47,48). The van der Waals surface area contributed by atoms with Crippen molar-refractivity contribution in [3.8, 4) is 11.5 Å². The third kappa shape index (κ3) is 10.2. The van der Waals surface area contributed by atoms with Gasteiger partial charge in [0.05, 0.1) is 21.8 Å². The summed E-state index contributed by atoms with van der Waals surface area (Å²) in [6, 6.07) is 16.8. The highest BCUT2D eigenvalue weighted by Crippen LogP contribution is 2.44. The average Bonchev–Trinajstić information content (AvgIpc) is 3.24. The van der Waals surface area contributed by atoms with Crippen LogP contribution in [0.3, 0.4) is 0 Å². The van der Waals surface area contributed by atoms with Gasteiger partial charge in [-0.1, -0.05) is 83.2 Å². The van der Waals surface area contributed by atoms with Gasteiger partial charge in [-0.3, -0.25) is 14.4 Å². The Morgan fingerprint density at radius 3 is 2.21 bits per heavy atom. The van der Waals surface area contributed by atoms with Crippen molar-refractivity contribution in [3.63, 3.8) is 0 Å². The summed E-state index contributed by atoms with van der Waals surface area (Å²) in [6.07, 6.45) is 7.10.